The first-order valence-electron chi connectivity index (χ1n) is 6.85. The standard InChI is InChI=1S/C14H24O6/c1-5-6-7-17-11(8-15)13(19-10(2)16)12-9-18-14(3,4)20-12/h8,12-13,15H,5-7,9H2,1-4H3/b11-8-. The van der Waals surface area contributed by atoms with Crippen molar-refractivity contribution in [3.05, 3.63) is 12.0 Å². The minimum absolute atomic E-state index is 0.181. The molecule has 1 aliphatic rings. The number of unbranched alkanes of at least 4 members (excludes halogenated alkanes) is 1. The van der Waals surface area contributed by atoms with E-state index >= 15 is 0 Å². The molecule has 0 bridgehead atoms. The third-order valence-corrected chi connectivity index (χ3v) is 2.84. The second-order valence-electron chi connectivity index (χ2n) is 5.13. The van der Waals surface area contributed by atoms with Crippen LogP contribution in [0.5, 0.6) is 0 Å². The Bertz CT molecular complexity index is 350. The third kappa shape index (κ3) is 5.02. The number of carbonyl (C=O) groups excluding carboxylic acids is 1. The van der Waals surface area contributed by atoms with Crippen molar-refractivity contribution < 1.29 is 28.8 Å². The van der Waals surface area contributed by atoms with Gasteiger partial charge in [-0.1, -0.05) is 13.3 Å². The SMILES string of the molecule is CCCCO/C(=C\O)C(OC(C)=O)C1COC(C)(C)O1. The van der Waals surface area contributed by atoms with Crippen molar-refractivity contribution in [1.29, 1.82) is 0 Å². The van der Waals surface area contributed by atoms with E-state index in [-0.39, 0.29) is 12.4 Å². The summed E-state index contributed by atoms with van der Waals surface area (Å²) in [5.41, 5.74) is 0. The molecule has 0 amide bonds. The molecule has 2 atom stereocenters. The van der Waals surface area contributed by atoms with Crippen molar-refractivity contribution in [2.24, 2.45) is 0 Å². The summed E-state index contributed by atoms with van der Waals surface area (Å²) in [6.45, 7) is 7.59. The molecule has 1 aliphatic heterocycles. The summed E-state index contributed by atoms with van der Waals surface area (Å²) < 4.78 is 21.8. The van der Waals surface area contributed by atoms with Crippen molar-refractivity contribution in [3.8, 4) is 0 Å². The quantitative estimate of drug-likeness (QED) is 0.440. The highest BCUT2D eigenvalue weighted by Gasteiger charge is 2.41. The van der Waals surface area contributed by atoms with E-state index in [0.29, 0.717) is 6.61 Å². The van der Waals surface area contributed by atoms with E-state index < -0.39 is 24.0 Å². The summed E-state index contributed by atoms with van der Waals surface area (Å²) in [5, 5.41) is 9.32. The summed E-state index contributed by atoms with van der Waals surface area (Å²) in [6, 6.07) is 0. The molecule has 1 N–H and O–H groups in total. The summed E-state index contributed by atoms with van der Waals surface area (Å²) >= 11 is 0. The van der Waals surface area contributed by atoms with Crippen LogP contribution in [0.25, 0.3) is 0 Å². The van der Waals surface area contributed by atoms with E-state index in [0.717, 1.165) is 19.1 Å². The van der Waals surface area contributed by atoms with Gasteiger partial charge in [0.25, 0.3) is 0 Å². The molecule has 0 spiro atoms. The topological polar surface area (TPSA) is 74.2 Å². The van der Waals surface area contributed by atoms with Gasteiger partial charge in [0.2, 0.25) is 0 Å². The van der Waals surface area contributed by atoms with Gasteiger partial charge in [-0.15, -0.1) is 0 Å². The van der Waals surface area contributed by atoms with Crippen molar-refractivity contribution in [2.75, 3.05) is 13.2 Å². The van der Waals surface area contributed by atoms with Gasteiger partial charge < -0.3 is 24.1 Å². The lowest BCUT2D eigenvalue weighted by Crippen LogP contribution is -2.36. The summed E-state index contributed by atoms with van der Waals surface area (Å²) in [6.07, 6.45) is 1.31. The van der Waals surface area contributed by atoms with Crippen LogP contribution in [0.1, 0.15) is 40.5 Å². The number of rotatable bonds is 7. The number of esters is 1. The molecule has 0 aromatic rings. The molecule has 20 heavy (non-hydrogen) atoms. The molecule has 6 nitrogen and oxygen atoms in total. The first-order valence-corrected chi connectivity index (χ1v) is 6.85. The largest absolute Gasteiger partial charge is 0.512 e. The van der Waals surface area contributed by atoms with Crippen molar-refractivity contribution in [2.45, 2.75) is 58.5 Å². The molecule has 0 saturated carbocycles. The summed E-state index contributed by atoms with van der Waals surface area (Å²) in [5.74, 6) is -1.03. The zero-order valence-electron chi connectivity index (χ0n) is 12.5. The number of aliphatic hydroxyl groups is 1. The van der Waals surface area contributed by atoms with Crippen LogP contribution in [-0.2, 0) is 23.7 Å². The average Bonchev–Trinajstić information content (AvgIpc) is 2.72. The minimum Gasteiger partial charge on any atom is -0.512 e. The van der Waals surface area contributed by atoms with Gasteiger partial charge in [0.1, 0.15) is 12.4 Å². The summed E-state index contributed by atoms with van der Waals surface area (Å²) in [7, 11) is 0. The maximum Gasteiger partial charge on any atom is 0.303 e. The second kappa shape index (κ2) is 7.50. The number of carbonyl (C=O) groups is 1. The van der Waals surface area contributed by atoms with Crippen molar-refractivity contribution in [1.82, 2.24) is 0 Å². The molecule has 1 heterocycles. The zero-order chi connectivity index (χ0) is 15.2. The Labute approximate surface area is 119 Å². The first-order chi connectivity index (χ1) is 9.39. The maximum atomic E-state index is 11.2. The van der Waals surface area contributed by atoms with Crippen LogP contribution < -0.4 is 0 Å². The molecule has 0 aliphatic carbocycles. The van der Waals surface area contributed by atoms with E-state index in [2.05, 4.69) is 0 Å². The van der Waals surface area contributed by atoms with Crippen LogP contribution in [-0.4, -0.2) is 42.3 Å². The van der Waals surface area contributed by atoms with Crippen molar-refractivity contribution >= 4 is 5.97 Å². The fourth-order valence-corrected chi connectivity index (χ4v) is 1.89. The Kier molecular flexibility index (Phi) is 6.29. The number of ether oxygens (including phenoxy) is 4. The van der Waals surface area contributed by atoms with Crippen LogP contribution in [0, 0.1) is 0 Å². The van der Waals surface area contributed by atoms with Crippen LogP contribution in [0.4, 0.5) is 0 Å². The van der Waals surface area contributed by atoms with E-state index in [9.17, 15) is 9.90 Å². The number of hydrogen-bond donors (Lipinski definition) is 1. The molecule has 1 fully saturated rings. The average molecular weight is 288 g/mol. The molecular weight excluding hydrogens is 264 g/mol. The molecule has 2 unspecified atom stereocenters. The molecule has 6 heteroatoms. The molecule has 1 rings (SSSR count). The van der Waals surface area contributed by atoms with Gasteiger partial charge in [-0.3, -0.25) is 4.79 Å². The molecule has 0 aromatic heterocycles. The van der Waals surface area contributed by atoms with Gasteiger partial charge in [-0.25, -0.2) is 0 Å². The fraction of sp³-hybridized carbons (Fsp3) is 0.786. The van der Waals surface area contributed by atoms with E-state index in [1.165, 1.54) is 6.92 Å². The third-order valence-electron chi connectivity index (χ3n) is 2.84. The Balaban J connectivity index is 2.74. The van der Waals surface area contributed by atoms with Gasteiger partial charge in [0, 0.05) is 6.92 Å². The molecule has 0 aromatic carbocycles. The van der Waals surface area contributed by atoms with E-state index in [4.69, 9.17) is 18.9 Å². The Morgan fingerprint density at radius 3 is 2.70 bits per heavy atom. The predicted molar refractivity (Wildman–Crippen MR) is 72.0 cm³/mol. The normalized spacial score (nSPS) is 23.4. The Morgan fingerprint density at radius 2 is 2.25 bits per heavy atom. The molecule has 1 saturated heterocycles. The van der Waals surface area contributed by atoms with Crippen molar-refractivity contribution in [3.63, 3.8) is 0 Å². The van der Waals surface area contributed by atoms with Crippen LogP contribution >= 0.6 is 0 Å². The predicted octanol–water partition coefficient (Wildman–Crippen LogP) is 2.29. The van der Waals surface area contributed by atoms with Gasteiger partial charge in [-0.05, 0) is 20.3 Å². The van der Waals surface area contributed by atoms with Crippen LogP contribution in [0.3, 0.4) is 0 Å². The van der Waals surface area contributed by atoms with Gasteiger partial charge >= 0.3 is 5.97 Å². The lowest BCUT2D eigenvalue weighted by Gasteiger charge is -2.25. The monoisotopic (exact) mass is 288 g/mol. The van der Waals surface area contributed by atoms with Gasteiger partial charge in [0.15, 0.2) is 17.7 Å². The Morgan fingerprint density at radius 1 is 1.55 bits per heavy atom. The van der Waals surface area contributed by atoms with Crippen LogP contribution in [0.15, 0.2) is 12.0 Å². The van der Waals surface area contributed by atoms with Gasteiger partial charge in [-0.2, -0.15) is 0 Å². The number of aliphatic hydroxyl groups excluding tert-OH is 1. The molecule has 0 radical (unpaired) electrons. The lowest BCUT2D eigenvalue weighted by molar-refractivity contribution is -0.169. The summed E-state index contributed by atoms with van der Waals surface area (Å²) in [4.78, 5) is 11.2. The maximum absolute atomic E-state index is 11.2. The highest BCUT2D eigenvalue weighted by molar-refractivity contribution is 5.66. The highest BCUT2D eigenvalue weighted by Crippen LogP contribution is 2.28. The fourth-order valence-electron chi connectivity index (χ4n) is 1.89. The number of hydrogen-bond acceptors (Lipinski definition) is 6. The van der Waals surface area contributed by atoms with Crippen LogP contribution in [0.2, 0.25) is 0 Å². The van der Waals surface area contributed by atoms with E-state index in [1.54, 1.807) is 13.8 Å². The highest BCUT2D eigenvalue weighted by atomic mass is 16.8. The zero-order valence-corrected chi connectivity index (χ0v) is 12.5. The minimum atomic E-state index is -0.809. The first kappa shape index (κ1) is 16.8. The molecule has 116 valence electrons. The second-order valence-corrected chi connectivity index (χ2v) is 5.13. The smallest absolute Gasteiger partial charge is 0.303 e. The molecular formula is C14H24O6. The lowest BCUT2D eigenvalue weighted by atomic mass is 10.2. The van der Waals surface area contributed by atoms with Gasteiger partial charge in [0.05, 0.1) is 13.2 Å². The van der Waals surface area contributed by atoms with E-state index in [1.807, 2.05) is 6.92 Å². The Hall–Kier alpha value is -1.27.